The molecular weight excluding hydrogens is 352 g/mol. The van der Waals surface area contributed by atoms with Crippen LogP contribution >= 0.6 is 0 Å². The highest BCUT2D eigenvalue weighted by Gasteiger charge is 2.19. The monoisotopic (exact) mass is 372 g/mol. The molecule has 0 saturated carbocycles. The lowest BCUT2D eigenvalue weighted by molar-refractivity contribution is -0.153. The van der Waals surface area contributed by atoms with Gasteiger partial charge in [0.15, 0.2) is 0 Å². The largest absolute Gasteiger partial charge is 0.457 e. The maximum absolute atomic E-state index is 11.8. The molecule has 0 atom stereocenters. The van der Waals surface area contributed by atoms with Crippen molar-refractivity contribution in [3.05, 3.63) is 59.7 Å². The molecular formula is C20H20O7. The Morgan fingerprint density at radius 2 is 1.41 bits per heavy atom. The smallest absolute Gasteiger partial charge is 0.379 e. The van der Waals surface area contributed by atoms with E-state index in [0.29, 0.717) is 5.57 Å². The van der Waals surface area contributed by atoms with Gasteiger partial charge in [-0.25, -0.2) is 9.59 Å². The molecule has 0 aromatic heterocycles. The van der Waals surface area contributed by atoms with Crippen LogP contribution in [0.2, 0.25) is 0 Å². The Balaban J connectivity index is 1.55. The summed E-state index contributed by atoms with van der Waals surface area (Å²) >= 11 is 0. The Hall–Kier alpha value is -3.06. The van der Waals surface area contributed by atoms with E-state index in [1.165, 1.54) is 12.1 Å². The molecule has 0 fully saturated rings. The summed E-state index contributed by atoms with van der Waals surface area (Å²) in [6.45, 7) is -0.133. The minimum absolute atomic E-state index is 0.0349. The highest BCUT2D eigenvalue weighted by Crippen LogP contribution is 2.11. The maximum Gasteiger partial charge on any atom is 0.379 e. The van der Waals surface area contributed by atoms with E-state index in [4.69, 9.17) is 14.2 Å². The van der Waals surface area contributed by atoms with Gasteiger partial charge in [0.25, 0.3) is 11.6 Å². The van der Waals surface area contributed by atoms with Gasteiger partial charge in [0.05, 0.1) is 13.2 Å². The van der Waals surface area contributed by atoms with Crippen LogP contribution in [0.15, 0.2) is 54.1 Å². The predicted octanol–water partition coefficient (Wildman–Crippen LogP) is 1.82. The van der Waals surface area contributed by atoms with Crippen LogP contribution in [-0.4, -0.2) is 49.9 Å². The summed E-state index contributed by atoms with van der Waals surface area (Å²) in [7, 11) is 0. The van der Waals surface area contributed by atoms with Crippen molar-refractivity contribution in [2.45, 2.75) is 12.8 Å². The molecule has 27 heavy (non-hydrogen) atoms. The van der Waals surface area contributed by atoms with Gasteiger partial charge in [0, 0.05) is 11.1 Å². The lowest BCUT2D eigenvalue weighted by Crippen LogP contribution is -2.22. The summed E-state index contributed by atoms with van der Waals surface area (Å²) < 4.78 is 14.8. The Bertz CT molecular complexity index is 747. The van der Waals surface area contributed by atoms with Crippen LogP contribution < -0.4 is 0 Å². The van der Waals surface area contributed by atoms with E-state index in [2.05, 4.69) is 0 Å². The molecule has 0 amide bonds. The third-order valence-corrected chi connectivity index (χ3v) is 3.59. The highest BCUT2D eigenvalue weighted by atomic mass is 16.6. The van der Waals surface area contributed by atoms with Gasteiger partial charge >= 0.3 is 11.9 Å². The fourth-order valence-corrected chi connectivity index (χ4v) is 2.23. The molecule has 0 unspecified atom stereocenters. The van der Waals surface area contributed by atoms with E-state index in [-0.39, 0.29) is 32.0 Å². The minimum atomic E-state index is -0.962. The van der Waals surface area contributed by atoms with Crippen LogP contribution in [0, 0.1) is 0 Å². The van der Waals surface area contributed by atoms with E-state index < -0.39 is 23.5 Å². The average molecular weight is 372 g/mol. The lowest BCUT2D eigenvalue weighted by atomic mass is 10.0. The standard InChI is InChI=1S/C20H20O7/c21-17(15-7-3-1-4-8-15)19(23)26-13-11-25-12-14-27-20(24)18(22)16-9-5-2-6-10-16/h1,3-5,7-10H,2,6,11-14H2. The Morgan fingerprint density at radius 3 is 2.00 bits per heavy atom. The Morgan fingerprint density at radius 1 is 0.778 bits per heavy atom. The van der Waals surface area contributed by atoms with Crippen molar-refractivity contribution in [1.29, 1.82) is 0 Å². The zero-order chi connectivity index (χ0) is 19.5. The number of allylic oxidation sites excluding steroid dienone is 3. The van der Waals surface area contributed by atoms with Crippen LogP contribution in [0.5, 0.6) is 0 Å². The second-order valence-electron chi connectivity index (χ2n) is 5.55. The quantitative estimate of drug-likeness (QED) is 0.267. The molecule has 1 aliphatic rings. The van der Waals surface area contributed by atoms with Gasteiger partial charge in [-0.3, -0.25) is 9.59 Å². The van der Waals surface area contributed by atoms with E-state index >= 15 is 0 Å². The molecule has 0 heterocycles. The molecule has 0 N–H and O–H groups in total. The summed E-state index contributed by atoms with van der Waals surface area (Å²) in [4.78, 5) is 46.8. The van der Waals surface area contributed by atoms with Crippen molar-refractivity contribution in [3.63, 3.8) is 0 Å². The number of Topliss-reactive ketones (excluding diaryl/α,β-unsaturated/α-hetero) is 2. The summed E-state index contributed by atoms with van der Waals surface area (Å²) in [5.74, 6) is -3.31. The molecule has 0 bridgehead atoms. The van der Waals surface area contributed by atoms with E-state index in [9.17, 15) is 19.2 Å². The van der Waals surface area contributed by atoms with E-state index in [1.807, 2.05) is 6.08 Å². The SMILES string of the molecule is O=C(OCCOCCOC(=O)C(=O)c1ccccc1)C(=O)C1=CCCC=C1. The fourth-order valence-electron chi connectivity index (χ4n) is 2.23. The van der Waals surface area contributed by atoms with Gasteiger partial charge in [-0.05, 0) is 12.8 Å². The number of esters is 2. The van der Waals surface area contributed by atoms with Crippen LogP contribution in [0.3, 0.4) is 0 Å². The molecule has 1 aromatic rings. The van der Waals surface area contributed by atoms with Gasteiger partial charge in [0.1, 0.15) is 13.2 Å². The molecule has 0 spiro atoms. The third-order valence-electron chi connectivity index (χ3n) is 3.59. The predicted molar refractivity (Wildman–Crippen MR) is 95.0 cm³/mol. The first-order valence-electron chi connectivity index (χ1n) is 8.52. The number of carbonyl (C=O) groups is 4. The molecule has 0 saturated heterocycles. The summed E-state index contributed by atoms with van der Waals surface area (Å²) in [5, 5.41) is 0. The number of benzene rings is 1. The van der Waals surface area contributed by atoms with Crippen molar-refractivity contribution < 1.29 is 33.4 Å². The van der Waals surface area contributed by atoms with Gasteiger partial charge in [-0.15, -0.1) is 0 Å². The second-order valence-corrected chi connectivity index (χ2v) is 5.55. The molecule has 7 heteroatoms. The molecule has 0 radical (unpaired) electrons. The average Bonchev–Trinajstić information content (AvgIpc) is 2.72. The molecule has 1 aromatic carbocycles. The second kappa shape index (κ2) is 10.8. The van der Waals surface area contributed by atoms with Crippen molar-refractivity contribution in [2.75, 3.05) is 26.4 Å². The molecule has 1 aliphatic carbocycles. The van der Waals surface area contributed by atoms with Crippen molar-refractivity contribution in [3.8, 4) is 0 Å². The summed E-state index contributed by atoms with van der Waals surface area (Å²) in [6.07, 6.45) is 6.70. The highest BCUT2D eigenvalue weighted by molar-refractivity contribution is 6.41. The van der Waals surface area contributed by atoms with Gasteiger partial charge in [-0.2, -0.15) is 0 Å². The first-order chi connectivity index (χ1) is 13.1. The number of hydrogen-bond donors (Lipinski definition) is 0. The molecule has 2 rings (SSSR count). The zero-order valence-corrected chi connectivity index (χ0v) is 14.7. The summed E-state index contributed by atoms with van der Waals surface area (Å²) in [6, 6.07) is 8.08. The minimum Gasteiger partial charge on any atom is -0.457 e. The first kappa shape index (κ1) is 20.3. The number of rotatable bonds is 10. The van der Waals surface area contributed by atoms with Gasteiger partial charge in [-0.1, -0.05) is 48.6 Å². The first-order valence-corrected chi connectivity index (χ1v) is 8.52. The van der Waals surface area contributed by atoms with Crippen LogP contribution in [0.4, 0.5) is 0 Å². The maximum atomic E-state index is 11.8. The van der Waals surface area contributed by atoms with Crippen molar-refractivity contribution >= 4 is 23.5 Å². The number of ether oxygens (including phenoxy) is 3. The zero-order valence-electron chi connectivity index (χ0n) is 14.7. The Kier molecular flexibility index (Phi) is 8.12. The summed E-state index contributed by atoms with van der Waals surface area (Å²) in [5.41, 5.74) is 0.588. The number of ketones is 2. The van der Waals surface area contributed by atoms with E-state index in [0.717, 1.165) is 12.8 Å². The van der Waals surface area contributed by atoms with Crippen LogP contribution in [0.25, 0.3) is 0 Å². The fraction of sp³-hybridized carbons (Fsp3) is 0.300. The molecule has 142 valence electrons. The number of carbonyl (C=O) groups excluding carboxylic acids is 4. The van der Waals surface area contributed by atoms with Crippen molar-refractivity contribution in [1.82, 2.24) is 0 Å². The topological polar surface area (TPSA) is 96.0 Å². The third kappa shape index (κ3) is 6.63. The van der Waals surface area contributed by atoms with Crippen LogP contribution in [0.1, 0.15) is 23.2 Å². The normalized spacial score (nSPS) is 12.8. The number of hydrogen-bond acceptors (Lipinski definition) is 7. The van der Waals surface area contributed by atoms with Gasteiger partial charge in [0.2, 0.25) is 0 Å². The van der Waals surface area contributed by atoms with Crippen molar-refractivity contribution in [2.24, 2.45) is 0 Å². The van der Waals surface area contributed by atoms with Crippen LogP contribution in [-0.2, 0) is 28.6 Å². The van der Waals surface area contributed by atoms with Gasteiger partial charge < -0.3 is 14.2 Å². The molecule has 0 aliphatic heterocycles. The lowest BCUT2D eigenvalue weighted by Gasteiger charge is -2.08. The molecule has 7 nitrogen and oxygen atoms in total. The Labute approximate surface area is 156 Å². The van der Waals surface area contributed by atoms with E-state index in [1.54, 1.807) is 30.4 Å².